The summed E-state index contributed by atoms with van der Waals surface area (Å²) in [6, 6.07) is 6.21. The number of aliphatic hydroxyl groups excluding tert-OH is 1. The van der Waals surface area contributed by atoms with Gasteiger partial charge in [-0.05, 0) is 37.0 Å². The van der Waals surface area contributed by atoms with Crippen molar-refractivity contribution in [2.24, 2.45) is 0 Å². The largest absolute Gasteiger partial charge is 0.396 e. The molecule has 0 bridgehead atoms. The second-order valence-electron chi connectivity index (χ2n) is 3.36. The minimum Gasteiger partial charge on any atom is -0.396 e. The van der Waals surface area contributed by atoms with Crippen LogP contribution < -0.4 is 0 Å². The van der Waals surface area contributed by atoms with Crippen LogP contribution in [0.1, 0.15) is 29.5 Å². The Bertz CT molecular complexity index is 278. The van der Waals surface area contributed by atoms with Crippen LogP contribution in [0.3, 0.4) is 0 Å². The van der Waals surface area contributed by atoms with Crippen LogP contribution in [-0.4, -0.2) is 11.7 Å². The Hall–Kier alpha value is -0.820. The minimum absolute atomic E-state index is 0.00602. The van der Waals surface area contributed by atoms with E-state index in [9.17, 15) is 0 Å². The number of aliphatic hydroxyl groups is 1. The number of aryl methyl sites for hydroxylation is 1. The third-order valence-corrected chi connectivity index (χ3v) is 2.53. The van der Waals surface area contributed by atoms with Crippen molar-refractivity contribution in [2.45, 2.75) is 26.2 Å². The van der Waals surface area contributed by atoms with Crippen LogP contribution in [0.2, 0.25) is 0 Å². The fraction of sp³-hybridized carbons (Fsp3) is 0.417. The molecule has 0 saturated heterocycles. The van der Waals surface area contributed by atoms with Crippen molar-refractivity contribution in [3.8, 4) is 0 Å². The molecule has 13 heavy (non-hydrogen) atoms. The van der Waals surface area contributed by atoms with Gasteiger partial charge in [0.15, 0.2) is 0 Å². The molecule has 71 valence electrons. The van der Waals surface area contributed by atoms with Gasteiger partial charge in [-0.3, -0.25) is 0 Å². The summed E-state index contributed by atoms with van der Waals surface area (Å²) in [6.07, 6.45) is 1.04. The molecule has 1 rings (SSSR count). The number of hydrogen-bond acceptors (Lipinski definition) is 1. The molecule has 1 radical (unpaired) electrons. The van der Waals surface area contributed by atoms with E-state index < -0.39 is 0 Å². The lowest BCUT2D eigenvalue weighted by Gasteiger charge is -2.14. The lowest BCUT2D eigenvalue weighted by molar-refractivity contribution is 0.282. The maximum atomic E-state index is 9.01. The van der Waals surface area contributed by atoms with Crippen LogP contribution in [0.15, 0.2) is 18.2 Å². The molecule has 0 heterocycles. The first kappa shape index (κ1) is 10.3. The van der Waals surface area contributed by atoms with Crippen molar-refractivity contribution in [1.82, 2.24) is 0 Å². The Morgan fingerprint density at radius 1 is 1.46 bits per heavy atom. The molecule has 1 nitrogen and oxygen atoms in total. The molecule has 0 fully saturated rings. The molecule has 0 aliphatic heterocycles. The van der Waals surface area contributed by atoms with Gasteiger partial charge in [0.05, 0.1) is 0 Å². The van der Waals surface area contributed by atoms with Crippen molar-refractivity contribution < 1.29 is 5.11 Å². The van der Waals surface area contributed by atoms with Gasteiger partial charge in [0.1, 0.15) is 0 Å². The molecule has 0 aromatic heterocycles. The van der Waals surface area contributed by atoms with E-state index >= 15 is 0 Å². The number of benzene rings is 1. The Morgan fingerprint density at radius 3 is 2.69 bits per heavy atom. The first-order valence-corrected chi connectivity index (χ1v) is 4.73. The highest BCUT2D eigenvalue weighted by Crippen LogP contribution is 2.21. The maximum Gasteiger partial charge on any atom is 0.0499 e. The van der Waals surface area contributed by atoms with Crippen LogP contribution >= 0.6 is 0 Å². The third-order valence-electron chi connectivity index (χ3n) is 2.53. The maximum absolute atomic E-state index is 9.01. The van der Waals surface area contributed by atoms with E-state index in [2.05, 4.69) is 26.8 Å². The Labute approximate surface area is 80.4 Å². The molecule has 0 aliphatic rings. The summed E-state index contributed by atoms with van der Waals surface area (Å²) in [5.74, 6) is 0.00602. The molecule has 0 amide bonds. The van der Waals surface area contributed by atoms with Gasteiger partial charge in [-0.1, -0.05) is 25.1 Å². The molecule has 1 aromatic rings. The van der Waals surface area contributed by atoms with Gasteiger partial charge in [0.25, 0.3) is 0 Å². The minimum atomic E-state index is 0.00602. The number of hydrogen-bond donors (Lipinski definition) is 1. The van der Waals surface area contributed by atoms with Crippen LogP contribution in [0.4, 0.5) is 0 Å². The van der Waals surface area contributed by atoms with Crippen molar-refractivity contribution in [2.75, 3.05) is 6.61 Å². The Kier molecular flexibility index (Phi) is 3.49. The molecule has 0 saturated carbocycles. The number of rotatable bonds is 3. The van der Waals surface area contributed by atoms with Gasteiger partial charge >= 0.3 is 0 Å². The van der Waals surface area contributed by atoms with Crippen LogP contribution in [-0.2, 0) is 6.42 Å². The summed E-state index contributed by atoms with van der Waals surface area (Å²) in [5.41, 5.74) is 3.79. The van der Waals surface area contributed by atoms with Crippen molar-refractivity contribution in [3.63, 3.8) is 0 Å². The van der Waals surface area contributed by atoms with E-state index in [1.165, 1.54) is 16.7 Å². The molecular weight excluding hydrogens is 160 g/mol. The van der Waals surface area contributed by atoms with Gasteiger partial charge in [-0.2, -0.15) is 0 Å². The average Bonchev–Trinajstić information content (AvgIpc) is 2.17. The summed E-state index contributed by atoms with van der Waals surface area (Å²) >= 11 is 0. The summed E-state index contributed by atoms with van der Waals surface area (Å²) in [4.78, 5) is 0. The first-order chi connectivity index (χ1) is 6.20. The molecule has 0 spiro atoms. The fourth-order valence-corrected chi connectivity index (χ4v) is 1.63. The summed E-state index contributed by atoms with van der Waals surface area (Å²) < 4.78 is 0. The van der Waals surface area contributed by atoms with Crippen LogP contribution in [0.5, 0.6) is 0 Å². The standard InChI is InChI=1S/C12H17O/c1-4-11-6-5-7-12(10(11)3)9(2)8-13/h5-7,9,13H,2,4,8H2,1,3H3. The smallest absolute Gasteiger partial charge is 0.0499 e. The van der Waals surface area contributed by atoms with E-state index in [1.54, 1.807) is 0 Å². The second-order valence-corrected chi connectivity index (χ2v) is 3.36. The van der Waals surface area contributed by atoms with Crippen LogP contribution in [0, 0.1) is 13.8 Å². The van der Waals surface area contributed by atoms with Crippen molar-refractivity contribution in [1.29, 1.82) is 0 Å². The second kappa shape index (κ2) is 4.43. The highest BCUT2D eigenvalue weighted by Gasteiger charge is 2.08. The molecule has 1 heteroatoms. The predicted octanol–water partition coefficient (Wildman–Crippen LogP) is 2.47. The zero-order chi connectivity index (χ0) is 9.84. The van der Waals surface area contributed by atoms with E-state index in [4.69, 9.17) is 5.11 Å². The molecule has 1 N–H and O–H groups in total. The van der Waals surface area contributed by atoms with Gasteiger partial charge in [-0.15, -0.1) is 0 Å². The fourth-order valence-electron chi connectivity index (χ4n) is 1.63. The van der Waals surface area contributed by atoms with Crippen molar-refractivity contribution >= 4 is 0 Å². The Balaban J connectivity index is 3.08. The molecule has 1 unspecified atom stereocenters. The predicted molar refractivity (Wildman–Crippen MR) is 55.7 cm³/mol. The Morgan fingerprint density at radius 2 is 2.15 bits per heavy atom. The third kappa shape index (κ3) is 2.10. The normalized spacial score (nSPS) is 12.9. The average molecular weight is 177 g/mol. The zero-order valence-corrected chi connectivity index (χ0v) is 8.38. The zero-order valence-electron chi connectivity index (χ0n) is 8.38. The summed E-state index contributed by atoms with van der Waals surface area (Å²) in [6.45, 7) is 8.27. The van der Waals surface area contributed by atoms with Crippen LogP contribution in [0.25, 0.3) is 0 Å². The van der Waals surface area contributed by atoms with Gasteiger partial charge in [0, 0.05) is 12.5 Å². The lowest BCUT2D eigenvalue weighted by atomic mass is 9.93. The molecule has 1 atom stereocenters. The quantitative estimate of drug-likeness (QED) is 0.752. The SMILES string of the molecule is [CH2]C(CO)c1cccc(CC)c1C. The van der Waals surface area contributed by atoms with E-state index in [0.717, 1.165) is 6.42 Å². The first-order valence-electron chi connectivity index (χ1n) is 4.73. The molecule has 0 aliphatic carbocycles. The monoisotopic (exact) mass is 177 g/mol. The van der Waals surface area contributed by atoms with Gasteiger partial charge in [0.2, 0.25) is 0 Å². The van der Waals surface area contributed by atoms with Gasteiger partial charge < -0.3 is 5.11 Å². The van der Waals surface area contributed by atoms with Crippen molar-refractivity contribution in [3.05, 3.63) is 41.8 Å². The van der Waals surface area contributed by atoms with Gasteiger partial charge in [-0.25, -0.2) is 0 Å². The lowest BCUT2D eigenvalue weighted by Crippen LogP contribution is -2.03. The topological polar surface area (TPSA) is 20.2 Å². The van der Waals surface area contributed by atoms with E-state index in [1.807, 2.05) is 12.1 Å². The summed E-state index contributed by atoms with van der Waals surface area (Å²) in [5, 5.41) is 9.01. The highest BCUT2D eigenvalue weighted by molar-refractivity contribution is 5.36. The summed E-state index contributed by atoms with van der Waals surface area (Å²) in [7, 11) is 0. The van der Waals surface area contributed by atoms with E-state index in [-0.39, 0.29) is 12.5 Å². The van der Waals surface area contributed by atoms with E-state index in [0.29, 0.717) is 0 Å². The molecular formula is C12H17O. The highest BCUT2D eigenvalue weighted by atomic mass is 16.3. The molecule has 1 aromatic carbocycles.